The van der Waals surface area contributed by atoms with Gasteiger partial charge in [0.25, 0.3) is 5.91 Å². The molecule has 3 N–H and O–H groups in total. The molecule has 3 amide bonds. The van der Waals surface area contributed by atoms with Gasteiger partial charge in [0.1, 0.15) is 0 Å². The van der Waals surface area contributed by atoms with Gasteiger partial charge in [0, 0.05) is 25.2 Å². The van der Waals surface area contributed by atoms with E-state index in [0.29, 0.717) is 40.9 Å². The molecule has 0 saturated carbocycles. The Balaban J connectivity index is 1.31. The minimum Gasteiger partial charge on any atom is -0.454 e. The first-order valence-corrected chi connectivity index (χ1v) is 11.0. The number of fused-ring (bicyclic) bond motifs is 1. The molecule has 0 bridgehead atoms. The lowest BCUT2D eigenvalue weighted by molar-refractivity contribution is -0.119. The monoisotopic (exact) mass is 452 g/mol. The van der Waals surface area contributed by atoms with Gasteiger partial charge in [-0.05, 0) is 56.1 Å². The van der Waals surface area contributed by atoms with Crippen molar-refractivity contribution in [2.45, 2.75) is 19.8 Å². The van der Waals surface area contributed by atoms with Crippen LogP contribution in [0.25, 0.3) is 0 Å². The lowest BCUT2D eigenvalue weighted by atomic mass is 9.97. The number of anilines is 2. The Hall–Kier alpha value is -3.59. The maximum absolute atomic E-state index is 12.9. The van der Waals surface area contributed by atoms with Crippen molar-refractivity contribution in [1.82, 2.24) is 10.2 Å². The van der Waals surface area contributed by atoms with E-state index in [1.807, 2.05) is 0 Å². The number of para-hydroxylation sites is 1. The number of hydrogen-bond donors (Lipinski definition) is 3. The second kappa shape index (κ2) is 10.4. The Morgan fingerprint density at radius 3 is 2.55 bits per heavy atom. The van der Waals surface area contributed by atoms with E-state index in [2.05, 4.69) is 20.9 Å². The Bertz CT molecular complexity index is 1030. The number of piperidine rings is 1. The van der Waals surface area contributed by atoms with Gasteiger partial charge in [-0.3, -0.25) is 19.3 Å². The van der Waals surface area contributed by atoms with Gasteiger partial charge in [0.15, 0.2) is 11.5 Å². The third-order valence-electron chi connectivity index (χ3n) is 5.79. The first-order chi connectivity index (χ1) is 16.0. The molecule has 2 aromatic carbocycles. The van der Waals surface area contributed by atoms with E-state index in [9.17, 15) is 14.4 Å². The maximum atomic E-state index is 12.9. The van der Waals surface area contributed by atoms with Gasteiger partial charge in [-0.2, -0.15) is 0 Å². The fourth-order valence-electron chi connectivity index (χ4n) is 3.99. The Labute approximate surface area is 192 Å². The number of ether oxygens (including phenoxy) is 2. The number of likely N-dealkylation sites (tertiary alicyclic amines) is 1. The van der Waals surface area contributed by atoms with Crippen LogP contribution in [-0.2, 0) is 9.59 Å². The Morgan fingerprint density at radius 1 is 1.00 bits per heavy atom. The standard InChI is InChI=1S/C24H28N4O5/c1-16(29)25-13-17-8-10-28(11-9-17)14-23(30)27-20-5-3-2-4-19(20)24(31)26-18-6-7-21-22(12-18)33-15-32-21/h2-7,12,17H,8-11,13-15H2,1H3,(H,25,29)(H,26,31)(H,27,30). The largest absolute Gasteiger partial charge is 0.454 e. The van der Waals surface area contributed by atoms with Gasteiger partial charge < -0.3 is 25.4 Å². The molecule has 4 rings (SSSR count). The zero-order valence-corrected chi connectivity index (χ0v) is 18.6. The fraction of sp³-hybridized carbons (Fsp3) is 0.375. The van der Waals surface area contributed by atoms with Gasteiger partial charge in [-0.1, -0.05) is 12.1 Å². The average Bonchev–Trinajstić information content (AvgIpc) is 3.27. The van der Waals surface area contributed by atoms with Crippen LogP contribution in [0.5, 0.6) is 11.5 Å². The van der Waals surface area contributed by atoms with Crippen molar-refractivity contribution >= 4 is 29.1 Å². The molecule has 1 fully saturated rings. The van der Waals surface area contributed by atoms with Crippen LogP contribution in [-0.4, -0.2) is 55.6 Å². The number of benzene rings is 2. The van der Waals surface area contributed by atoms with Crippen LogP contribution >= 0.6 is 0 Å². The predicted molar refractivity (Wildman–Crippen MR) is 123 cm³/mol. The van der Waals surface area contributed by atoms with E-state index in [-0.39, 0.29) is 31.1 Å². The summed E-state index contributed by atoms with van der Waals surface area (Å²) in [6.45, 7) is 4.21. The van der Waals surface area contributed by atoms with Gasteiger partial charge in [0.2, 0.25) is 18.6 Å². The molecule has 9 heteroatoms. The molecule has 174 valence electrons. The summed E-state index contributed by atoms with van der Waals surface area (Å²) < 4.78 is 10.6. The zero-order chi connectivity index (χ0) is 23.2. The van der Waals surface area contributed by atoms with Crippen molar-refractivity contribution in [2.24, 2.45) is 5.92 Å². The van der Waals surface area contributed by atoms with Crippen LogP contribution in [0.4, 0.5) is 11.4 Å². The predicted octanol–water partition coefficient (Wildman–Crippen LogP) is 2.45. The fourth-order valence-corrected chi connectivity index (χ4v) is 3.99. The summed E-state index contributed by atoms with van der Waals surface area (Å²) in [6.07, 6.45) is 1.87. The van der Waals surface area contributed by atoms with Gasteiger partial charge in [-0.25, -0.2) is 0 Å². The summed E-state index contributed by atoms with van der Waals surface area (Å²) in [5, 5.41) is 8.58. The molecule has 0 spiro atoms. The van der Waals surface area contributed by atoms with Crippen molar-refractivity contribution in [3.63, 3.8) is 0 Å². The molecule has 2 aliphatic heterocycles. The summed E-state index contributed by atoms with van der Waals surface area (Å²) in [6, 6.07) is 12.1. The summed E-state index contributed by atoms with van der Waals surface area (Å²) in [4.78, 5) is 38.7. The number of carbonyl (C=O) groups excluding carboxylic acids is 3. The highest BCUT2D eigenvalue weighted by Crippen LogP contribution is 2.34. The molecule has 0 radical (unpaired) electrons. The van der Waals surface area contributed by atoms with Gasteiger partial charge in [0.05, 0.1) is 17.8 Å². The number of nitrogens with zero attached hydrogens (tertiary/aromatic N) is 1. The normalized spacial score (nSPS) is 15.7. The van der Waals surface area contributed by atoms with Gasteiger partial charge in [-0.15, -0.1) is 0 Å². The van der Waals surface area contributed by atoms with Crippen molar-refractivity contribution in [3.8, 4) is 11.5 Å². The van der Waals surface area contributed by atoms with Crippen LogP contribution in [0.1, 0.15) is 30.1 Å². The summed E-state index contributed by atoms with van der Waals surface area (Å²) >= 11 is 0. The smallest absolute Gasteiger partial charge is 0.257 e. The number of rotatable bonds is 7. The molecule has 2 aromatic rings. The van der Waals surface area contributed by atoms with Crippen LogP contribution < -0.4 is 25.4 Å². The summed E-state index contributed by atoms with van der Waals surface area (Å²) in [7, 11) is 0. The third kappa shape index (κ3) is 6.01. The second-order valence-corrected chi connectivity index (χ2v) is 8.27. The van der Waals surface area contributed by atoms with E-state index in [1.165, 1.54) is 6.92 Å². The highest BCUT2D eigenvalue weighted by atomic mass is 16.7. The van der Waals surface area contributed by atoms with E-state index >= 15 is 0 Å². The summed E-state index contributed by atoms with van der Waals surface area (Å²) in [5.41, 5.74) is 1.41. The second-order valence-electron chi connectivity index (χ2n) is 8.27. The maximum Gasteiger partial charge on any atom is 0.257 e. The molecule has 0 aromatic heterocycles. The highest BCUT2D eigenvalue weighted by molar-refractivity contribution is 6.10. The molecular weight excluding hydrogens is 424 g/mol. The molecule has 2 heterocycles. The lowest BCUT2D eigenvalue weighted by Crippen LogP contribution is -2.41. The van der Waals surface area contributed by atoms with Crippen molar-refractivity contribution < 1.29 is 23.9 Å². The van der Waals surface area contributed by atoms with Crippen molar-refractivity contribution in [3.05, 3.63) is 48.0 Å². The molecule has 0 aliphatic carbocycles. The first-order valence-electron chi connectivity index (χ1n) is 11.0. The van der Waals surface area contributed by atoms with Crippen LogP contribution in [0.15, 0.2) is 42.5 Å². The minimum absolute atomic E-state index is 0.0157. The lowest BCUT2D eigenvalue weighted by Gasteiger charge is -2.31. The summed E-state index contributed by atoms with van der Waals surface area (Å²) in [5.74, 6) is 1.14. The van der Waals surface area contributed by atoms with Crippen molar-refractivity contribution in [1.29, 1.82) is 0 Å². The number of amides is 3. The topological polar surface area (TPSA) is 109 Å². The SMILES string of the molecule is CC(=O)NCC1CCN(CC(=O)Nc2ccccc2C(=O)Nc2ccc3c(c2)OCO3)CC1. The molecule has 2 aliphatic rings. The van der Waals surface area contributed by atoms with Crippen molar-refractivity contribution in [2.75, 3.05) is 43.6 Å². The molecule has 0 atom stereocenters. The van der Waals surface area contributed by atoms with E-state index in [4.69, 9.17) is 9.47 Å². The van der Waals surface area contributed by atoms with E-state index < -0.39 is 0 Å². The number of hydrogen-bond acceptors (Lipinski definition) is 6. The Kier molecular flexibility index (Phi) is 7.09. The van der Waals surface area contributed by atoms with E-state index in [0.717, 1.165) is 25.9 Å². The number of carbonyl (C=O) groups is 3. The zero-order valence-electron chi connectivity index (χ0n) is 18.6. The molecule has 33 heavy (non-hydrogen) atoms. The third-order valence-corrected chi connectivity index (χ3v) is 5.79. The van der Waals surface area contributed by atoms with Gasteiger partial charge >= 0.3 is 0 Å². The molecule has 0 unspecified atom stereocenters. The van der Waals surface area contributed by atoms with E-state index in [1.54, 1.807) is 42.5 Å². The minimum atomic E-state index is -0.330. The molecular formula is C24H28N4O5. The van der Waals surface area contributed by atoms with Crippen LogP contribution in [0.3, 0.4) is 0 Å². The molecule has 9 nitrogen and oxygen atoms in total. The first kappa shape index (κ1) is 22.6. The Morgan fingerprint density at radius 2 is 1.76 bits per heavy atom. The van der Waals surface area contributed by atoms with Crippen LogP contribution in [0.2, 0.25) is 0 Å². The highest BCUT2D eigenvalue weighted by Gasteiger charge is 2.22. The quantitative estimate of drug-likeness (QED) is 0.596. The van der Waals surface area contributed by atoms with Crippen LogP contribution in [0, 0.1) is 5.92 Å². The number of nitrogens with one attached hydrogen (secondary N) is 3. The average molecular weight is 453 g/mol. The molecule has 1 saturated heterocycles.